The van der Waals surface area contributed by atoms with Gasteiger partial charge in [0, 0.05) is 19.1 Å². The zero-order chi connectivity index (χ0) is 17.4. The number of benzene rings is 1. The third kappa shape index (κ3) is 2.99. The molecule has 0 bridgehead atoms. The summed E-state index contributed by atoms with van der Waals surface area (Å²) in [5.74, 6) is 0.344. The van der Waals surface area contributed by atoms with Crippen LogP contribution in [-0.2, 0) is 10.2 Å². The van der Waals surface area contributed by atoms with Gasteiger partial charge in [0.25, 0.3) is 0 Å². The van der Waals surface area contributed by atoms with Crippen LogP contribution in [0.3, 0.4) is 0 Å². The van der Waals surface area contributed by atoms with Crippen molar-refractivity contribution in [2.24, 2.45) is 11.1 Å². The number of nitrogens with zero attached hydrogens (tertiary/aromatic N) is 1. The fourth-order valence-electron chi connectivity index (χ4n) is 4.71. The first-order valence-corrected chi connectivity index (χ1v) is 9.48. The van der Waals surface area contributed by atoms with Crippen molar-refractivity contribution < 1.29 is 4.79 Å². The standard InChI is InChI=1S/C21H32N2O/c1-16-9-5-6-10-17(16)21(12-7-4-8-13-21)19(24)23-14-11-18(22)20(2,3)15-23/h5-6,9-10,18H,4,7-8,11-15,22H2,1-3H3. The molecule has 1 saturated carbocycles. The van der Waals surface area contributed by atoms with Crippen LogP contribution in [0.15, 0.2) is 24.3 Å². The molecule has 132 valence electrons. The van der Waals surface area contributed by atoms with Crippen LogP contribution in [0.4, 0.5) is 0 Å². The van der Waals surface area contributed by atoms with Crippen LogP contribution in [0.2, 0.25) is 0 Å². The number of nitrogens with two attached hydrogens (primary N) is 1. The minimum atomic E-state index is -0.318. The number of carbonyl (C=O) groups excluding carboxylic acids is 1. The second-order valence-corrected chi connectivity index (χ2v) is 8.57. The second-order valence-electron chi connectivity index (χ2n) is 8.57. The number of hydrogen-bond donors (Lipinski definition) is 1. The number of piperidine rings is 1. The molecule has 0 aromatic heterocycles. The van der Waals surface area contributed by atoms with Gasteiger partial charge >= 0.3 is 0 Å². The third-order valence-electron chi connectivity index (χ3n) is 6.38. The van der Waals surface area contributed by atoms with E-state index in [4.69, 9.17) is 5.73 Å². The summed E-state index contributed by atoms with van der Waals surface area (Å²) >= 11 is 0. The number of rotatable bonds is 2. The van der Waals surface area contributed by atoms with E-state index in [0.29, 0.717) is 5.91 Å². The van der Waals surface area contributed by atoms with E-state index in [0.717, 1.165) is 45.2 Å². The van der Waals surface area contributed by atoms with Gasteiger partial charge in [-0.2, -0.15) is 0 Å². The second kappa shape index (κ2) is 6.51. The highest BCUT2D eigenvalue weighted by Crippen LogP contribution is 2.43. The zero-order valence-electron chi connectivity index (χ0n) is 15.5. The molecule has 1 aromatic carbocycles. The first-order chi connectivity index (χ1) is 11.4. The zero-order valence-corrected chi connectivity index (χ0v) is 15.5. The molecule has 2 fully saturated rings. The molecule has 0 spiro atoms. The molecule has 1 saturated heterocycles. The van der Waals surface area contributed by atoms with Crippen molar-refractivity contribution in [3.8, 4) is 0 Å². The van der Waals surface area contributed by atoms with Gasteiger partial charge in [-0.05, 0) is 42.7 Å². The van der Waals surface area contributed by atoms with Gasteiger partial charge in [-0.25, -0.2) is 0 Å². The van der Waals surface area contributed by atoms with E-state index in [9.17, 15) is 4.79 Å². The summed E-state index contributed by atoms with van der Waals surface area (Å²) in [6.07, 6.45) is 6.42. The molecule has 3 rings (SSSR count). The van der Waals surface area contributed by atoms with E-state index in [2.05, 4.69) is 49.9 Å². The van der Waals surface area contributed by atoms with Gasteiger partial charge in [0.15, 0.2) is 0 Å². The lowest BCUT2D eigenvalue weighted by molar-refractivity contribution is -0.142. The van der Waals surface area contributed by atoms with Crippen LogP contribution in [0, 0.1) is 12.3 Å². The predicted molar refractivity (Wildman–Crippen MR) is 98.9 cm³/mol. The molecular weight excluding hydrogens is 296 g/mol. The monoisotopic (exact) mass is 328 g/mol. The van der Waals surface area contributed by atoms with Crippen LogP contribution in [-0.4, -0.2) is 29.9 Å². The van der Waals surface area contributed by atoms with Gasteiger partial charge in [-0.3, -0.25) is 4.79 Å². The number of carbonyl (C=O) groups is 1. The maximum absolute atomic E-state index is 13.7. The number of hydrogen-bond acceptors (Lipinski definition) is 2. The van der Waals surface area contributed by atoms with Crippen molar-refractivity contribution in [1.82, 2.24) is 4.90 Å². The largest absolute Gasteiger partial charge is 0.341 e. The minimum absolute atomic E-state index is 0.00446. The van der Waals surface area contributed by atoms with Gasteiger partial charge in [0.1, 0.15) is 0 Å². The summed E-state index contributed by atoms with van der Waals surface area (Å²) in [6, 6.07) is 8.67. The predicted octanol–water partition coefficient (Wildman–Crippen LogP) is 3.78. The molecule has 3 nitrogen and oxygen atoms in total. The molecule has 1 amide bonds. The van der Waals surface area contributed by atoms with Gasteiger partial charge < -0.3 is 10.6 Å². The molecule has 2 N–H and O–H groups in total. The fourth-order valence-corrected chi connectivity index (χ4v) is 4.71. The number of aryl methyl sites for hydroxylation is 1. The van der Waals surface area contributed by atoms with E-state index in [1.807, 2.05) is 0 Å². The molecular formula is C21H32N2O. The van der Waals surface area contributed by atoms with E-state index in [1.165, 1.54) is 17.5 Å². The Morgan fingerprint density at radius 3 is 2.46 bits per heavy atom. The molecule has 1 aliphatic carbocycles. The quantitative estimate of drug-likeness (QED) is 0.898. The van der Waals surface area contributed by atoms with Crippen molar-refractivity contribution in [3.05, 3.63) is 35.4 Å². The highest BCUT2D eigenvalue weighted by atomic mass is 16.2. The van der Waals surface area contributed by atoms with Crippen LogP contribution in [0.1, 0.15) is 63.5 Å². The van der Waals surface area contributed by atoms with Gasteiger partial charge in [-0.1, -0.05) is 57.4 Å². The molecule has 3 heteroatoms. The summed E-state index contributed by atoms with van der Waals surface area (Å²) in [6.45, 7) is 8.11. The van der Waals surface area contributed by atoms with Crippen molar-refractivity contribution in [1.29, 1.82) is 0 Å². The number of likely N-dealkylation sites (tertiary alicyclic amines) is 1. The summed E-state index contributed by atoms with van der Waals surface area (Å²) in [5, 5.41) is 0. The Hall–Kier alpha value is -1.35. The average Bonchev–Trinajstić information content (AvgIpc) is 2.57. The lowest BCUT2D eigenvalue weighted by Crippen LogP contribution is -2.58. The topological polar surface area (TPSA) is 46.3 Å². The lowest BCUT2D eigenvalue weighted by Gasteiger charge is -2.47. The Kier molecular flexibility index (Phi) is 4.74. The van der Waals surface area contributed by atoms with Crippen LogP contribution < -0.4 is 5.73 Å². The smallest absolute Gasteiger partial charge is 0.233 e. The third-order valence-corrected chi connectivity index (χ3v) is 6.38. The van der Waals surface area contributed by atoms with E-state index in [-0.39, 0.29) is 16.9 Å². The van der Waals surface area contributed by atoms with Crippen LogP contribution >= 0.6 is 0 Å². The number of amides is 1. The fraction of sp³-hybridized carbons (Fsp3) is 0.667. The Morgan fingerprint density at radius 1 is 1.17 bits per heavy atom. The summed E-state index contributed by atoms with van der Waals surface area (Å²) < 4.78 is 0. The molecule has 1 atom stereocenters. The Labute approximate surface area is 146 Å². The minimum Gasteiger partial charge on any atom is -0.341 e. The van der Waals surface area contributed by atoms with Crippen molar-refractivity contribution in [3.63, 3.8) is 0 Å². The normalized spacial score (nSPS) is 26.2. The Bertz CT molecular complexity index is 602. The van der Waals surface area contributed by atoms with E-state index >= 15 is 0 Å². The molecule has 2 aliphatic rings. The Balaban J connectivity index is 1.95. The van der Waals surface area contributed by atoms with Gasteiger partial charge in [0.2, 0.25) is 5.91 Å². The maximum atomic E-state index is 13.7. The molecule has 0 radical (unpaired) electrons. The molecule has 1 heterocycles. The molecule has 24 heavy (non-hydrogen) atoms. The van der Waals surface area contributed by atoms with Gasteiger partial charge in [0.05, 0.1) is 5.41 Å². The van der Waals surface area contributed by atoms with Crippen LogP contribution in [0.5, 0.6) is 0 Å². The Morgan fingerprint density at radius 2 is 1.83 bits per heavy atom. The summed E-state index contributed by atoms with van der Waals surface area (Å²) in [7, 11) is 0. The van der Waals surface area contributed by atoms with Crippen molar-refractivity contribution in [2.45, 2.75) is 70.8 Å². The first kappa shape index (κ1) is 17.5. The summed E-state index contributed by atoms with van der Waals surface area (Å²) in [5.41, 5.74) is 8.46. The summed E-state index contributed by atoms with van der Waals surface area (Å²) in [4.78, 5) is 15.8. The molecule has 1 aliphatic heterocycles. The van der Waals surface area contributed by atoms with Crippen molar-refractivity contribution in [2.75, 3.05) is 13.1 Å². The van der Waals surface area contributed by atoms with E-state index < -0.39 is 0 Å². The molecule has 1 unspecified atom stereocenters. The van der Waals surface area contributed by atoms with Gasteiger partial charge in [-0.15, -0.1) is 0 Å². The SMILES string of the molecule is Cc1ccccc1C1(C(=O)N2CCC(N)C(C)(C)C2)CCCCC1. The highest BCUT2D eigenvalue weighted by Gasteiger charge is 2.46. The maximum Gasteiger partial charge on any atom is 0.233 e. The van der Waals surface area contributed by atoms with E-state index in [1.54, 1.807) is 0 Å². The van der Waals surface area contributed by atoms with Crippen molar-refractivity contribution >= 4 is 5.91 Å². The highest BCUT2D eigenvalue weighted by molar-refractivity contribution is 5.89. The first-order valence-electron chi connectivity index (χ1n) is 9.48. The average molecular weight is 329 g/mol. The van der Waals surface area contributed by atoms with Crippen LogP contribution in [0.25, 0.3) is 0 Å². The molecule has 1 aromatic rings. The lowest BCUT2D eigenvalue weighted by atomic mass is 9.66.